The number of hydrogen-bond donors (Lipinski definition) is 3. The van der Waals surface area contributed by atoms with Gasteiger partial charge in [-0.25, -0.2) is 18.5 Å². The van der Waals surface area contributed by atoms with E-state index >= 15 is 0 Å². The van der Waals surface area contributed by atoms with E-state index in [9.17, 15) is 8.42 Å². The molecule has 6 nitrogen and oxygen atoms in total. The molecule has 0 atom stereocenters. The molecule has 0 fully saturated rings. The van der Waals surface area contributed by atoms with Crippen LogP contribution >= 0.6 is 0 Å². The summed E-state index contributed by atoms with van der Waals surface area (Å²) in [6.07, 6.45) is 1.91. The molecule has 0 aliphatic heterocycles. The van der Waals surface area contributed by atoms with Gasteiger partial charge in [0.2, 0.25) is 10.0 Å². The molecular weight excluding hydrogens is 252 g/mol. The number of pyridine rings is 1. The molecule has 0 unspecified atom stereocenters. The van der Waals surface area contributed by atoms with Crippen molar-refractivity contribution >= 4 is 26.7 Å². The molecule has 94 valence electrons. The summed E-state index contributed by atoms with van der Waals surface area (Å²) in [5.41, 5.74) is 7.57. The fourth-order valence-electron chi connectivity index (χ4n) is 1.47. The van der Waals surface area contributed by atoms with Crippen LogP contribution in [0.1, 0.15) is 12.1 Å². The number of nitrogen functional groups attached to an aromatic ring is 1. The topological polar surface area (TPSA) is 115 Å². The number of nitrogens with two attached hydrogens (primary N) is 2. The molecule has 7 heteroatoms. The minimum absolute atomic E-state index is 0.166. The molecule has 5 N–H and O–H groups in total. The predicted octanol–water partition coefficient (Wildman–Crippen LogP) is 0.175. The Balaban J connectivity index is 2.19. The number of aromatic amines is 1. The Kier molecular flexibility index (Phi) is 3.23. The van der Waals surface area contributed by atoms with Crippen molar-refractivity contribution in [2.75, 3.05) is 11.5 Å². The Hall–Kier alpha value is -2.04. The van der Waals surface area contributed by atoms with E-state index in [1.54, 1.807) is 12.3 Å². The minimum Gasteiger partial charge on any atom is -0.398 e. The first-order valence-corrected chi connectivity index (χ1v) is 6.90. The van der Waals surface area contributed by atoms with Crippen LogP contribution in [0.2, 0.25) is 0 Å². The van der Waals surface area contributed by atoms with E-state index in [2.05, 4.69) is 21.8 Å². The third-order valence-corrected chi connectivity index (χ3v) is 3.06. The Morgan fingerprint density at radius 1 is 1.44 bits per heavy atom. The molecule has 0 radical (unpaired) electrons. The largest absolute Gasteiger partial charge is 0.398 e. The van der Waals surface area contributed by atoms with Gasteiger partial charge < -0.3 is 10.7 Å². The van der Waals surface area contributed by atoms with Crippen LogP contribution in [0.15, 0.2) is 18.3 Å². The summed E-state index contributed by atoms with van der Waals surface area (Å²) in [5, 5.41) is 5.70. The van der Waals surface area contributed by atoms with E-state index in [-0.39, 0.29) is 12.2 Å². The van der Waals surface area contributed by atoms with Gasteiger partial charge in [0.25, 0.3) is 0 Å². The second-order valence-electron chi connectivity index (χ2n) is 3.76. The Morgan fingerprint density at radius 2 is 2.22 bits per heavy atom. The van der Waals surface area contributed by atoms with E-state index in [0.717, 1.165) is 5.39 Å². The third-order valence-electron chi connectivity index (χ3n) is 2.29. The fraction of sp³-hybridized carbons (Fsp3) is 0.182. The third kappa shape index (κ3) is 3.00. The van der Waals surface area contributed by atoms with Crippen LogP contribution in [-0.2, 0) is 10.0 Å². The number of primary sulfonamides is 1. The molecule has 0 saturated carbocycles. The van der Waals surface area contributed by atoms with Crippen LogP contribution in [0.3, 0.4) is 0 Å². The Bertz CT molecular complexity index is 737. The van der Waals surface area contributed by atoms with E-state index in [1.165, 1.54) is 0 Å². The zero-order chi connectivity index (χ0) is 13.2. The molecule has 0 aliphatic rings. The highest BCUT2D eigenvalue weighted by molar-refractivity contribution is 7.89. The van der Waals surface area contributed by atoms with Crippen molar-refractivity contribution in [1.82, 2.24) is 9.97 Å². The van der Waals surface area contributed by atoms with Gasteiger partial charge in [-0.3, -0.25) is 0 Å². The lowest BCUT2D eigenvalue weighted by atomic mass is 10.2. The van der Waals surface area contributed by atoms with Crippen LogP contribution < -0.4 is 10.9 Å². The molecule has 0 saturated heterocycles. The van der Waals surface area contributed by atoms with E-state index < -0.39 is 10.0 Å². The van der Waals surface area contributed by atoms with Gasteiger partial charge in [-0.1, -0.05) is 5.92 Å². The maximum atomic E-state index is 10.7. The van der Waals surface area contributed by atoms with Crippen LogP contribution in [0.5, 0.6) is 0 Å². The van der Waals surface area contributed by atoms with Gasteiger partial charge in [-0.15, -0.1) is 0 Å². The van der Waals surface area contributed by atoms with E-state index in [0.29, 0.717) is 17.0 Å². The number of rotatable bonds is 2. The van der Waals surface area contributed by atoms with E-state index in [4.69, 9.17) is 10.9 Å². The number of anilines is 1. The van der Waals surface area contributed by atoms with Gasteiger partial charge in [0.1, 0.15) is 11.3 Å². The minimum atomic E-state index is -3.47. The maximum Gasteiger partial charge on any atom is 0.210 e. The molecule has 0 bridgehead atoms. The molecule has 18 heavy (non-hydrogen) atoms. The average Bonchev–Trinajstić information content (AvgIpc) is 2.71. The molecule has 0 aliphatic carbocycles. The highest BCUT2D eigenvalue weighted by Gasteiger charge is 2.02. The molecular formula is C11H12N4O2S. The van der Waals surface area contributed by atoms with Crippen LogP contribution in [-0.4, -0.2) is 24.1 Å². The quantitative estimate of drug-likeness (QED) is 0.671. The van der Waals surface area contributed by atoms with Crippen molar-refractivity contribution in [3.05, 3.63) is 24.0 Å². The Labute approximate surface area is 104 Å². The van der Waals surface area contributed by atoms with Gasteiger partial charge in [-0.05, 0) is 18.1 Å². The van der Waals surface area contributed by atoms with Crippen LogP contribution in [0.4, 0.5) is 5.69 Å². The first kappa shape index (κ1) is 12.4. The average molecular weight is 264 g/mol. The standard InChI is InChI=1S/C11H12N4O2S/c12-10-7-8(3-1-2-6-18(13,16)17)15-11-9(10)4-5-14-11/h4-5,7H,2,6H2,(H3,12,14,15)(H2,13,16,17). The van der Waals surface area contributed by atoms with Crippen molar-refractivity contribution in [2.45, 2.75) is 6.42 Å². The zero-order valence-electron chi connectivity index (χ0n) is 9.47. The molecule has 0 spiro atoms. The zero-order valence-corrected chi connectivity index (χ0v) is 10.3. The normalized spacial score (nSPS) is 11.2. The molecule has 2 aromatic heterocycles. The smallest absolute Gasteiger partial charge is 0.210 e. The number of nitrogens with zero attached hydrogens (tertiary/aromatic N) is 1. The second-order valence-corrected chi connectivity index (χ2v) is 5.49. The highest BCUT2D eigenvalue weighted by Crippen LogP contribution is 2.18. The van der Waals surface area contributed by atoms with Crippen molar-refractivity contribution in [1.29, 1.82) is 0 Å². The summed E-state index contributed by atoms with van der Waals surface area (Å²) in [7, 11) is -3.47. The number of sulfonamides is 1. The van der Waals surface area contributed by atoms with Gasteiger partial charge in [-0.2, -0.15) is 0 Å². The molecule has 2 aromatic rings. The van der Waals surface area contributed by atoms with E-state index in [1.807, 2.05) is 6.07 Å². The molecule has 0 amide bonds. The van der Waals surface area contributed by atoms with Crippen molar-refractivity contribution in [3.8, 4) is 11.8 Å². The number of fused-ring (bicyclic) bond motifs is 1. The van der Waals surface area contributed by atoms with Gasteiger partial charge in [0.05, 0.1) is 5.75 Å². The summed E-state index contributed by atoms with van der Waals surface area (Å²) in [5.74, 6) is 5.29. The van der Waals surface area contributed by atoms with Crippen molar-refractivity contribution in [3.63, 3.8) is 0 Å². The van der Waals surface area contributed by atoms with Crippen molar-refractivity contribution < 1.29 is 8.42 Å². The van der Waals surface area contributed by atoms with Crippen molar-refractivity contribution in [2.24, 2.45) is 5.14 Å². The SMILES string of the molecule is Nc1cc(C#CCCS(N)(=O)=O)nc2[nH]ccc12. The fourth-order valence-corrected chi connectivity index (χ4v) is 1.86. The first-order chi connectivity index (χ1) is 8.46. The summed E-state index contributed by atoms with van der Waals surface area (Å²) in [6, 6.07) is 3.48. The Morgan fingerprint density at radius 3 is 2.94 bits per heavy atom. The summed E-state index contributed by atoms with van der Waals surface area (Å²) >= 11 is 0. The van der Waals surface area contributed by atoms with Gasteiger partial charge >= 0.3 is 0 Å². The second kappa shape index (κ2) is 4.68. The number of aromatic nitrogens is 2. The van der Waals surface area contributed by atoms with Crippen LogP contribution in [0.25, 0.3) is 11.0 Å². The number of nitrogens with one attached hydrogen (secondary N) is 1. The number of hydrogen-bond acceptors (Lipinski definition) is 4. The molecule has 0 aromatic carbocycles. The lowest BCUT2D eigenvalue weighted by Crippen LogP contribution is -2.15. The maximum absolute atomic E-state index is 10.7. The molecule has 2 rings (SSSR count). The van der Waals surface area contributed by atoms with Gasteiger partial charge in [0, 0.05) is 23.7 Å². The summed E-state index contributed by atoms with van der Waals surface area (Å²) in [4.78, 5) is 7.18. The molecule has 2 heterocycles. The monoisotopic (exact) mass is 264 g/mol. The summed E-state index contributed by atoms with van der Waals surface area (Å²) in [6.45, 7) is 0. The van der Waals surface area contributed by atoms with Crippen LogP contribution in [0, 0.1) is 11.8 Å². The predicted molar refractivity (Wildman–Crippen MR) is 70.0 cm³/mol. The lowest BCUT2D eigenvalue weighted by Gasteiger charge is -1.97. The highest BCUT2D eigenvalue weighted by atomic mass is 32.2. The van der Waals surface area contributed by atoms with Gasteiger partial charge in [0.15, 0.2) is 0 Å². The summed E-state index contributed by atoms with van der Waals surface area (Å²) < 4.78 is 21.4. The number of H-pyrrole nitrogens is 1. The first-order valence-electron chi connectivity index (χ1n) is 5.19. The lowest BCUT2D eigenvalue weighted by molar-refractivity contribution is 0.597.